The molecule has 3 aromatic rings. The maximum Gasteiger partial charge on any atom is 0.274 e. The lowest BCUT2D eigenvalue weighted by Gasteiger charge is -2.31. The Morgan fingerprint density at radius 1 is 1.14 bits per heavy atom. The topological polar surface area (TPSA) is 56.6 Å². The average Bonchev–Trinajstić information content (AvgIpc) is 3.22. The van der Waals surface area contributed by atoms with Gasteiger partial charge in [-0.3, -0.25) is 4.79 Å². The first-order valence-electron chi connectivity index (χ1n) is 12.4. The van der Waals surface area contributed by atoms with E-state index in [9.17, 15) is 4.79 Å². The zero-order valence-corrected chi connectivity index (χ0v) is 22.2. The summed E-state index contributed by atoms with van der Waals surface area (Å²) in [4.78, 5) is 15.4. The summed E-state index contributed by atoms with van der Waals surface area (Å²) in [5.41, 5.74) is 6.54. The highest BCUT2D eigenvalue weighted by Gasteiger charge is 2.33. The molecule has 0 saturated heterocycles. The number of benzene rings is 2. The SMILES string of the molecule is CCc1cccc(-n2nc(C(=O)N(C)C(C)(C)C)c3c2-c2cc(OC(C)C)c(OC)cc2CC3)c1. The van der Waals surface area contributed by atoms with Crippen LogP contribution in [-0.2, 0) is 19.3 Å². The van der Waals surface area contributed by atoms with Crippen LogP contribution in [-0.4, -0.2) is 46.4 Å². The Kier molecular flexibility index (Phi) is 6.67. The lowest BCUT2D eigenvalue weighted by molar-refractivity contribution is 0.0648. The maximum absolute atomic E-state index is 13.7. The van der Waals surface area contributed by atoms with E-state index in [1.165, 1.54) is 11.1 Å². The van der Waals surface area contributed by atoms with Crippen LogP contribution >= 0.6 is 0 Å². The number of fused-ring (bicyclic) bond motifs is 3. The van der Waals surface area contributed by atoms with Crippen LogP contribution < -0.4 is 9.47 Å². The lowest BCUT2D eigenvalue weighted by Crippen LogP contribution is -2.43. The second kappa shape index (κ2) is 9.40. The number of methoxy groups -OCH3 is 1. The summed E-state index contributed by atoms with van der Waals surface area (Å²) in [6, 6.07) is 12.5. The van der Waals surface area contributed by atoms with Crippen molar-refractivity contribution in [3.05, 3.63) is 58.8 Å². The minimum atomic E-state index is -0.311. The van der Waals surface area contributed by atoms with Gasteiger partial charge < -0.3 is 14.4 Å². The fourth-order valence-electron chi connectivity index (χ4n) is 4.49. The zero-order chi connectivity index (χ0) is 25.5. The molecule has 6 nitrogen and oxygen atoms in total. The largest absolute Gasteiger partial charge is 0.493 e. The van der Waals surface area contributed by atoms with Gasteiger partial charge in [0.25, 0.3) is 5.91 Å². The van der Waals surface area contributed by atoms with Gasteiger partial charge in [-0.1, -0.05) is 19.1 Å². The van der Waals surface area contributed by atoms with E-state index in [-0.39, 0.29) is 17.6 Å². The number of aryl methyl sites for hydroxylation is 2. The van der Waals surface area contributed by atoms with Crippen LogP contribution in [0.2, 0.25) is 0 Å². The van der Waals surface area contributed by atoms with Crippen molar-refractivity contribution < 1.29 is 14.3 Å². The van der Waals surface area contributed by atoms with Gasteiger partial charge in [-0.25, -0.2) is 4.68 Å². The summed E-state index contributed by atoms with van der Waals surface area (Å²) in [5, 5.41) is 4.96. The van der Waals surface area contributed by atoms with Gasteiger partial charge in [0.15, 0.2) is 17.2 Å². The van der Waals surface area contributed by atoms with Gasteiger partial charge in [-0.2, -0.15) is 5.10 Å². The van der Waals surface area contributed by atoms with Crippen molar-refractivity contribution in [2.45, 2.75) is 72.4 Å². The third-order valence-electron chi connectivity index (χ3n) is 6.71. The Bertz CT molecular complexity index is 1250. The average molecular weight is 476 g/mol. The van der Waals surface area contributed by atoms with Gasteiger partial charge in [0.05, 0.1) is 24.6 Å². The van der Waals surface area contributed by atoms with Crippen LogP contribution in [0.25, 0.3) is 16.9 Å². The molecule has 4 rings (SSSR count). The van der Waals surface area contributed by atoms with Crippen LogP contribution in [0.4, 0.5) is 0 Å². The smallest absolute Gasteiger partial charge is 0.274 e. The molecule has 186 valence electrons. The van der Waals surface area contributed by atoms with Crippen LogP contribution in [0.3, 0.4) is 0 Å². The second-order valence-corrected chi connectivity index (χ2v) is 10.5. The first kappa shape index (κ1) is 24.8. The maximum atomic E-state index is 13.7. The number of aromatic nitrogens is 2. The molecule has 0 radical (unpaired) electrons. The summed E-state index contributed by atoms with van der Waals surface area (Å²) >= 11 is 0. The van der Waals surface area contributed by atoms with Crippen LogP contribution in [0.5, 0.6) is 11.5 Å². The Labute approximate surface area is 208 Å². The van der Waals surface area contributed by atoms with Crippen molar-refractivity contribution in [2.24, 2.45) is 0 Å². The number of amides is 1. The summed E-state index contributed by atoms with van der Waals surface area (Å²) in [5.74, 6) is 1.36. The molecule has 1 aliphatic rings. The zero-order valence-electron chi connectivity index (χ0n) is 22.2. The van der Waals surface area contributed by atoms with Gasteiger partial charge in [0, 0.05) is 23.7 Å². The summed E-state index contributed by atoms with van der Waals surface area (Å²) in [7, 11) is 3.52. The summed E-state index contributed by atoms with van der Waals surface area (Å²) in [6.07, 6.45) is 2.48. The van der Waals surface area contributed by atoms with E-state index in [2.05, 4.69) is 43.3 Å². The molecule has 1 heterocycles. The van der Waals surface area contributed by atoms with Gasteiger partial charge in [0.2, 0.25) is 0 Å². The Hall–Kier alpha value is -3.28. The van der Waals surface area contributed by atoms with Crippen molar-refractivity contribution in [2.75, 3.05) is 14.2 Å². The highest BCUT2D eigenvalue weighted by molar-refractivity contribution is 5.97. The van der Waals surface area contributed by atoms with E-state index in [1.54, 1.807) is 12.0 Å². The lowest BCUT2D eigenvalue weighted by atomic mass is 9.88. The minimum Gasteiger partial charge on any atom is -0.493 e. The van der Waals surface area contributed by atoms with Gasteiger partial charge in [0.1, 0.15) is 0 Å². The van der Waals surface area contributed by atoms with Crippen molar-refractivity contribution in [1.82, 2.24) is 14.7 Å². The Morgan fingerprint density at radius 2 is 1.89 bits per heavy atom. The van der Waals surface area contributed by atoms with Crippen LogP contribution in [0, 0.1) is 0 Å². The van der Waals surface area contributed by atoms with Crippen LogP contribution in [0.15, 0.2) is 36.4 Å². The molecular weight excluding hydrogens is 438 g/mol. The van der Waals surface area contributed by atoms with Crippen molar-refractivity contribution in [3.8, 4) is 28.4 Å². The normalized spacial score (nSPS) is 12.8. The molecule has 1 aromatic heterocycles. The predicted molar refractivity (Wildman–Crippen MR) is 140 cm³/mol. The third kappa shape index (κ3) is 4.66. The monoisotopic (exact) mass is 475 g/mol. The van der Waals surface area contributed by atoms with Gasteiger partial charge in [-0.05, 0) is 89.3 Å². The number of hydrogen-bond donors (Lipinski definition) is 0. The number of nitrogens with zero attached hydrogens (tertiary/aromatic N) is 3. The molecule has 1 amide bonds. The van der Waals surface area contributed by atoms with E-state index in [0.29, 0.717) is 11.4 Å². The van der Waals surface area contributed by atoms with Gasteiger partial charge in [-0.15, -0.1) is 0 Å². The molecule has 0 atom stereocenters. The molecule has 35 heavy (non-hydrogen) atoms. The number of ether oxygens (including phenoxy) is 2. The van der Waals surface area contributed by atoms with E-state index < -0.39 is 0 Å². The molecule has 0 N–H and O–H groups in total. The number of hydrogen-bond acceptors (Lipinski definition) is 4. The quantitative estimate of drug-likeness (QED) is 0.448. The standard InChI is InChI=1S/C29H37N3O3/c1-9-19-11-10-12-21(15-19)32-27-22(26(30-32)28(33)31(7)29(4,5)6)14-13-20-16-24(34-8)25(17-23(20)27)35-18(2)3/h10-12,15-18H,9,13-14H2,1-8H3. The Balaban J connectivity index is 1.98. The fourth-order valence-corrected chi connectivity index (χ4v) is 4.49. The fraction of sp³-hybridized carbons (Fsp3) is 0.448. The van der Waals surface area contributed by atoms with Crippen molar-refractivity contribution in [3.63, 3.8) is 0 Å². The van der Waals surface area contributed by atoms with E-state index >= 15 is 0 Å². The first-order valence-corrected chi connectivity index (χ1v) is 12.4. The van der Waals surface area contributed by atoms with Crippen LogP contribution in [0.1, 0.15) is 68.7 Å². The third-order valence-corrected chi connectivity index (χ3v) is 6.71. The van der Waals surface area contributed by atoms with E-state index in [0.717, 1.165) is 47.5 Å². The van der Waals surface area contributed by atoms with Crippen molar-refractivity contribution >= 4 is 5.91 Å². The Morgan fingerprint density at radius 3 is 2.51 bits per heavy atom. The predicted octanol–water partition coefficient (Wildman–Crippen LogP) is 5.87. The highest BCUT2D eigenvalue weighted by atomic mass is 16.5. The molecule has 0 fully saturated rings. The molecule has 0 saturated carbocycles. The molecule has 0 spiro atoms. The molecule has 0 bridgehead atoms. The molecular formula is C29H37N3O3. The van der Waals surface area contributed by atoms with Gasteiger partial charge >= 0.3 is 0 Å². The number of rotatable bonds is 6. The second-order valence-electron chi connectivity index (χ2n) is 10.5. The summed E-state index contributed by atoms with van der Waals surface area (Å²) < 4.78 is 13.7. The molecule has 2 aromatic carbocycles. The highest BCUT2D eigenvalue weighted by Crippen LogP contribution is 2.43. The molecule has 1 aliphatic carbocycles. The number of carbonyl (C=O) groups excluding carboxylic acids is 1. The minimum absolute atomic E-state index is 0.00808. The molecule has 6 heteroatoms. The summed E-state index contributed by atoms with van der Waals surface area (Å²) in [6.45, 7) is 12.3. The van der Waals surface area contributed by atoms with E-state index in [4.69, 9.17) is 14.6 Å². The first-order chi connectivity index (χ1) is 16.5. The number of carbonyl (C=O) groups is 1. The molecule has 0 aliphatic heterocycles. The van der Waals surface area contributed by atoms with Crippen molar-refractivity contribution in [1.29, 1.82) is 0 Å². The molecule has 0 unspecified atom stereocenters. The van der Waals surface area contributed by atoms with E-state index in [1.807, 2.05) is 46.3 Å².